The molecule has 0 saturated heterocycles. The molecular weight excluding hydrogens is 309 g/mol. The standard InChI is InChI=1S/C16H9F3N2O2/c17-16(18,19)11-5-3-10(4-6-11)12-7-8-14(21(22)23)13-2-1-9-20-15(12)13/h1-9H. The highest BCUT2D eigenvalue weighted by molar-refractivity contribution is 5.98. The SMILES string of the molecule is O=[N+]([O-])c1ccc(-c2ccc(C(F)(F)F)cc2)c2ncccc12. The first-order valence-electron chi connectivity index (χ1n) is 6.57. The predicted molar refractivity (Wildman–Crippen MR) is 78.8 cm³/mol. The van der Waals surface area contributed by atoms with Gasteiger partial charge < -0.3 is 0 Å². The van der Waals surface area contributed by atoms with E-state index in [9.17, 15) is 23.3 Å². The normalized spacial score (nSPS) is 11.6. The summed E-state index contributed by atoms with van der Waals surface area (Å²) in [5.41, 5.74) is 0.585. The third-order valence-corrected chi connectivity index (χ3v) is 3.47. The van der Waals surface area contributed by atoms with Gasteiger partial charge in [0.25, 0.3) is 5.69 Å². The molecule has 2 aromatic carbocycles. The maximum atomic E-state index is 12.6. The monoisotopic (exact) mass is 318 g/mol. The Kier molecular flexibility index (Phi) is 3.48. The molecule has 0 amide bonds. The van der Waals surface area contributed by atoms with Gasteiger partial charge in [-0.05, 0) is 35.9 Å². The van der Waals surface area contributed by atoms with Gasteiger partial charge in [0.2, 0.25) is 0 Å². The lowest BCUT2D eigenvalue weighted by Gasteiger charge is -2.09. The van der Waals surface area contributed by atoms with Crippen molar-refractivity contribution in [2.45, 2.75) is 6.18 Å². The fourth-order valence-corrected chi connectivity index (χ4v) is 2.39. The Bertz CT molecular complexity index is 890. The zero-order valence-electron chi connectivity index (χ0n) is 11.5. The highest BCUT2D eigenvalue weighted by Gasteiger charge is 2.30. The summed E-state index contributed by atoms with van der Waals surface area (Å²) in [5, 5.41) is 11.4. The Balaban J connectivity index is 2.18. The molecule has 1 heterocycles. The highest BCUT2D eigenvalue weighted by Crippen LogP contribution is 2.35. The number of hydrogen-bond acceptors (Lipinski definition) is 3. The zero-order chi connectivity index (χ0) is 16.6. The molecular formula is C16H9F3N2O2. The van der Waals surface area contributed by atoms with Gasteiger partial charge in [-0.25, -0.2) is 0 Å². The average molecular weight is 318 g/mol. The molecule has 0 bridgehead atoms. The molecule has 0 aliphatic rings. The lowest BCUT2D eigenvalue weighted by atomic mass is 10.00. The minimum absolute atomic E-state index is 0.0937. The summed E-state index contributed by atoms with van der Waals surface area (Å²) in [6, 6.07) is 10.6. The number of benzene rings is 2. The fourth-order valence-electron chi connectivity index (χ4n) is 2.39. The number of aromatic nitrogens is 1. The first-order chi connectivity index (χ1) is 10.9. The van der Waals surface area contributed by atoms with Gasteiger partial charge in [0.15, 0.2) is 0 Å². The Hall–Kier alpha value is -2.96. The summed E-state index contributed by atoms with van der Waals surface area (Å²) in [6.07, 6.45) is -2.92. The summed E-state index contributed by atoms with van der Waals surface area (Å²) in [4.78, 5) is 14.7. The van der Waals surface area contributed by atoms with Crippen molar-refractivity contribution in [3.8, 4) is 11.1 Å². The topological polar surface area (TPSA) is 56.0 Å². The number of non-ortho nitro benzene ring substituents is 1. The summed E-state index contributed by atoms with van der Waals surface area (Å²) in [7, 11) is 0. The van der Waals surface area contributed by atoms with Crippen LogP contribution in [0.15, 0.2) is 54.7 Å². The van der Waals surface area contributed by atoms with Gasteiger partial charge in [0.05, 0.1) is 21.4 Å². The van der Waals surface area contributed by atoms with Gasteiger partial charge in [-0.15, -0.1) is 0 Å². The van der Waals surface area contributed by atoms with Gasteiger partial charge >= 0.3 is 6.18 Å². The second kappa shape index (κ2) is 5.35. The number of nitrogens with zero attached hydrogens (tertiary/aromatic N) is 2. The van der Waals surface area contributed by atoms with E-state index < -0.39 is 16.7 Å². The number of pyridine rings is 1. The van der Waals surface area contributed by atoms with Gasteiger partial charge in [-0.1, -0.05) is 12.1 Å². The Labute approximate surface area is 128 Å². The quantitative estimate of drug-likeness (QED) is 0.502. The van der Waals surface area contributed by atoms with Crippen LogP contribution in [0.5, 0.6) is 0 Å². The molecule has 23 heavy (non-hydrogen) atoms. The van der Waals surface area contributed by atoms with E-state index in [1.165, 1.54) is 30.5 Å². The van der Waals surface area contributed by atoms with E-state index in [0.717, 1.165) is 12.1 Å². The lowest BCUT2D eigenvalue weighted by molar-refractivity contribution is -0.383. The van der Waals surface area contributed by atoms with Crippen molar-refractivity contribution in [2.24, 2.45) is 0 Å². The summed E-state index contributed by atoms with van der Waals surface area (Å²) >= 11 is 0. The van der Waals surface area contributed by atoms with Crippen molar-refractivity contribution in [1.29, 1.82) is 0 Å². The van der Waals surface area contributed by atoms with Crippen molar-refractivity contribution in [3.63, 3.8) is 0 Å². The van der Waals surface area contributed by atoms with Crippen LogP contribution in [-0.2, 0) is 6.18 Å². The molecule has 0 fully saturated rings. The summed E-state index contributed by atoms with van der Waals surface area (Å²) < 4.78 is 37.9. The van der Waals surface area contributed by atoms with Crippen molar-refractivity contribution in [1.82, 2.24) is 4.98 Å². The van der Waals surface area contributed by atoms with Crippen LogP contribution in [0.3, 0.4) is 0 Å². The fraction of sp³-hybridized carbons (Fsp3) is 0.0625. The molecule has 116 valence electrons. The molecule has 3 rings (SSSR count). The third-order valence-electron chi connectivity index (χ3n) is 3.47. The van der Waals surface area contributed by atoms with Crippen LogP contribution in [0.25, 0.3) is 22.0 Å². The largest absolute Gasteiger partial charge is 0.416 e. The minimum atomic E-state index is -4.41. The molecule has 0 N–H and O–H groups in total. The van der Waals surface area contributed by atoms with Crippen LogP contribution in [-0.4, -0.2) is 9.91 Å². The first kappa shape index (κ1) is 15.0. The van der Waals surface area contributed by atoms with Crippen LogP contribution in [0.2, 0.25) is 0 Å². The van der Waals surface area contributed by atoms with Crippen molar-refractivity contribution >= 4 is 16.6 Å². The van der Waals surface area contributed by atoms with E-state index >= 15 is 0 Å². The second-order valence-corrected chi connectivity index (χ2v) is 4.86. The first-order valence-corrected chi connectivity index (χ1v) is 6.57. The van der Waals surface area contributed by atoms with Crippen molar-refractivity contribution in [2.75, 3.05) is 0 Å². The molecule has 0 unspecified atom stereocenters. The number of nitro benzene ring substituents is 1. The summed E-state index contributed by atoms with van der Waals surface area (Å²) in [5.74, 6) is 0. The van der Waals surface area contributed by atoms with Crippen LogP contribution < -0.4 is 0 Å². The van der Waals surface area contributed by atoms with Crippen molar-refractivity contribution in [3.05, 3.63) is 70.4 Å². The van der Waals surface area contributed by atoms with Gasteiger partial charge in [0, 0.05) is 17.8 Å². The van der Waals surface area contributed by atoms with Crippen LogP contribution in [0, 0.1) is 10.1 Å². The van der Waals surface area contributed by atoms with E-state index in [2.05, 4.69) is 4.98 Å². The van der Waals surface area contributed by atoms with Crippen LogP contribution in [0.4, 0.5) is 18.9 Å². The van der Waals surface area contributed by atoms with Crippen LogP contribution in [0.1, 0.15) is 5.56 Å². The molecule has 7 heteroatoms. The molecule has 0 spiro atoms. The number of rotatable bonds is 2. The summed E-state index contributed by atoms with van der Waals surface area (Å²) in [6.45, 7) is 0. The van der Waals surface area contributed by atoms with Gasteiger partial charge in [-0.2, -0.15) is 13.2 Å². The lowest BCUT2D eigenvalue weighted by Crippen LogP contribution is -2.04. The molecule has 4 nitrogen and oxygen atoms in total. The zero-order valence-corrected chi connectivity index (χ0v) is 11.5. The van der Waals surface area contributed by atoms with E-state index in [-0.39, 0.29) is 5.69 Å². The number of fused-ring (bicyclic) bond motifs is 1. The minimum Gasteiger partial charge on any atom is -0.258 e. The molecule has 3 aromatic rings. The number of hydrogen-bond donors (Lipinski definition) is 0. The number of halogens is 3. The smallest absolute Gasteiger partial charge is 0.258 e. The van der Waals surface area contributed by atoms with E-state index in [0.29, 0.717) is 22.0 Å². The highest BCUT2D eigenvalue weighted by atomic mass is 19.4. The predicted octanol–water partition coefficient (Wildman–Crippen LogP) is 4.83. The van der Waals surface area contributed by atoms with Crippen molar-refractivity contribution < 1.29 is 18.1 Å². The maximum Gasteiger partial charge on any atom is 0.416 e. The Morgan fingerprint density at radius 3 is 2.30 bits per heavy atom. The van der Waals surface area contributed by atoms with E-state index in [4.69, 9.17) is 0 Å². The molecule has 0 aliphatic heterocycles. The molecule has 0 atom stereocenters. The van der Waals surface area contributed by atoms with Gasteiger partial charge in [0.1, 0.15) is 0 Å². The average Bonchev–Trinajstić information content (AvgIpc) is 2.53. The van der Waals surface area contributed by atoms with E-state index in [1.807, 2.05) is 0 Å². The molecule has 0 radical (unpaired) electrons. The van der Waals surface area contributed by atoms with Crippen LogP contribution >= 0.6 is 0 Å². The number of alkyl halides is 3. The number of nitro groups is 1. The Morgan fingerprint density at radius 1 is 1.00 bits per heavy atom. The maximum absolute atomic E-state index is 12.6. The third kappa shape index (κ3) is 2.73. The second-order valence-electron chi connectivity index (χ2n) is 4.86. The molecule has 0 aliphatic carbocycles. The van der Waals surface area contributed by atoms with E-state index in [1.54, 1.807) is 12.1 Å². The Morgan fingerprint density at radius 2 is 1.70 bits per heavy atom. The van der Waals surface area contributed by atoms with Gasteiger partial charge in [-0.3, -0.25) is 15.1 Å². The molecule has 0 saturated carbocycles. The molecule has 1 aromatic heterocycles.